The standard InChI is InChI=1S/C11H18ClN3O/c1-5-11(3,7-12)15-10-13-8(2)6-9(14-10)16-4/h6H,5,7H2,1-4H3,(H,13,14,15). The van der Waals surface area contributed by atoms with Gasteiger partial charge in [-0.1, -0.05) is 6.92 Å². The van der Waals surface area contributed by atoms with Crippen LogP contribution >= 0.6 is 11.6 Å². The molecule has 16 heavy (non-hydrogen) atoms. The molecule has 0 bridgehead atoms. The summed E-state index contributed by atoms with van der Waals surface area (Å²) in [4.78, 5) is 8.53. The number of hydrogen-bond acceptors (Lipinski definition) is 4. The van der Waals surface area contributed by atoms with Crippen molar-refractivity contribution in [2.45, 2.75) is 32.7 Å². The largest absolute Gasteiger partial charge is 0.481 e. The Morgan fingerprint density at radius 1 is 1.50 bits per heavy atom. The van der Waals surface area contributed by atoms with Gasteiger partial charge in [0.1, 0.15) is 0 Å². The fraction of sp³-hybridized carbons (Fsp3) is 0.636. The van der Waals surface area contributed by atoms with E-state index in [-0.39, 0.29) is 5.54 Å². The second-order valence-electron chi connectivity index (χ2n) is 4.05. The van der Waals surface area contributed by atoms with E-state index in [0.29, 0.717) is 17.7 Å². The minimum atomic E-state index is -0.194. The molecular weight excluding hydrogens is 226 g/mol. The normalized spacial score (nSPS) is 14.3. The molecule has 0 spiro atoms. The van der Waals surface area contributed by atoms with E-state index in [1.807, 2.05) is 13.8 Å². The molecule has 1 heterocycles. The summed E-state index contributed by atoms with van der Waals surface area (Å²) >= 11 is 5.92. The predicted molar refractivity (Wildman–Crippen MR) is 66.4 cm³/mol. The van der Waals surface area contributed by atoms with Crippen molar-refractivity contribution < 1.29 is 4.74 Å². The molecule has 0 fully saturated rings. The van der Waals surface area contributed by atoms with Crippen LogP contribution in [0.1, 0.15) is 26.0 Å². The van der Waals surface area contributed by atoms with Gasteiger partial charge in [0.2, 0.25) is 11.8 Å². The van der Waals surface area contributed by atoms with Gasteiger partial charge in [0, 0.05) is 17.6 Å². The van der Waals surface area contributed by atoms with Gasteiger partial charge >= 0.3 is 0 Å². The average molecular weight is 244 g/mol. The molecule has 5 heteroatoms. The number of ether oxygens (including phenoxy) is 1. The van der Waals surface area contributed by atoms with Gasteiger partial charge in [-0.15, -0.1) is 11.6 Å². The van der Waals surface area contributed by atoms with Crippen molar-refractivity contribution in [2.75, 3.05) is 18.3 Å². The Morgan fingerprint density at radius 2 is 2.19 bits per heavy atom. The maximum absolute atomic E-state index is 5.92. The molecular formula is C11H18ClN3O. The molecule has 0 saturated carbocycles. The Labute approximate surface area is 101 Å². The Bertz CT molecular complexity index is 353. The van der Waals surface area contributed by atoms with Crippen LogP contribution in [0.5, 0.6) is 5.88 Å². The third-order valence-corrected chi connectivity index (χ3v) is 3.12. The number of halogens is 1. The third-order valence-electron chi connectivity index (χ3n) is 2.53. The summed E-state index contributed by atoms with van der Waals surface area (Å²) in [5.41, 5.74) is 0.669. The van der Waals surface area contributed by atoms with Crippen LogP contribution in [0.2, 0.25) is 0 Å². The average Bonchev–Trinajstić information content (AvgIpc) is 2.28. The number of aromatic nitrogens is 2. The summed E-state index contributed by atoms with van der Waals surface area (Å²) in [5, 5.41) is 3.24. The summed E-state index contributed by atoms with van der Waals surface area (Å²) in [7, 11) is 1.59. The van der Waals surface area contributed by atoms with E-state index >= 15 is 0 Å². The molecule has 0 aliphatic rings. The molecule has 1 unspecified atom stereocenters. The fourth-order valence-corrected chi connectivity index (χ4v) is 1.44. The Kier molecular flexibility index (Phi) is 4.35. The van der Waals surface area contributed by atoms with Crippen molar-refractivity contribution in [1.82, 2.24) is 9.97 Å². The van der Waals surface area contributed by atoms with E-state index < -0.39 is 0 Å². The lowest BCUT2D eigenvalue weighted by Gasteiger charge is -2.27. The van der Waals surface area contributed by atoms with Gasteiger partial charge in [-0.3, -0.25) is 0 Å². The lowest BCUT2D eigenvalue weighted by molar-refractivity contribution is 0.396. The predicted octanol–water partition coefficient (Wildman–Crippen LogP) is 2.61. The fourth-order valence-electron chi connectivity index (χ4n) is 1.19. The highest BCUT2D eigenvalue weighted by Gasteiger charge is 2.21. The Morgan fingerprint density at radius 3 is 2.69 bits per heavy atom. The Hall–Kier alpha value is -1.03. The van der Waals surface area contributed by atoms with Crippen molar-refractivity contribution in [2.24, 2.45) is 0 Å². The zero-order valence-electron chi connectivity index (χ0n) is 10.2. The lowest BCUT2D eigenvalue weighted by Crippen LogP contribution is -2.36. The number of nitrogens with one attached hydrogen (secondary N) is 1. The summed E-state index contributed by atoms with van der Waals surface area (Å²) in [6.07, 6.45) is 0.899. The summed E-state index contributed by atoms with van der Waals surface area (Å²) in [5.74, 6) is 1.62. The molecule has 1 aromatic heterocycles. The van der Waals surface area contributed by atoms with Crippen LogP contribution in [0.15, 0.2) is 6.07 Å². The van der Waals surface area contributed by atoms with Gasteiger partial charge in [0.05, 0.1) is 12.6 Å². The van der Waals surface area contributed by atoms with Crippen LogP contribution in [-0.2, 0) is 0 Å². The first-order chi connectivity index (χ1) is 7.53. The summed E-state index contributed by atoms with van der Waals surface area (Å²) in [6, 6.07) is 1.79. The van der Waals surface area contributed by atoms with Crippen molar-refractivity contribution in [1.29, 1.82) is 0 Å². The first-order valence-corrected chi connectivity index (χ1v) is 5.80. The van der Waals surface area contributed by atoms with E-state index in [9.17, 15) is 0 Å². The SMILES string of the molecule is CCC(C)(CCl)Nc1nc(C)cc(OC)n1. The number of aryl methyl sites for hydroxylation is 1. The van der Waals surface area contributed by atoms with E-state index in [4.69, 9.17) is 16.3 Å². The molecule has 1 aromatic rings. The van der Waals surface area contributed by atoms with E-state index in [0.717, 1.165) is 12.1 Å². The molecule has 0 amide bonds. The number of nitrogens with zero attached hydrogens (tertiary/aromatic N) is 2. The van der Waals surface area contributed by atoms with Crippen molar-refractivity contribution in [3.63, 3.8) is 0 Å². The summed E-state index contributed by atoms with van der Waals surface area (Å²) in [6.45, 7) is 6.01. The second kappa shape index (κ2) is 5.34. The highest BCUT2D eigenvalue weighted by Crippen LogP contribution is 2.19. The zero-order valence-corrected chi connectivity index (χ0v) is 10.9. The van der Waals surface area contributed by atoms with Gasteiger partial charge in [-0.05, 0) is 20.3 Å². The topological polar surface area (TPSA) is 47.0 Å². The van der Waals surface area contributed by atoms with Crippen LogP contribution in [0.25, 0.3) is 0 Å². The molecule has 4 nitrogen and oxygen atoms in total. The highest BCUT2D eigenvalue weighted by atomic mass is 35.5. The number of hydrogen-bond donors (Lipinski definition) is 1. The Balaban J connectivity index is 2.92. The molecule has 0 radical (unpaired) electrons. The minimum absolute atomic E-state index is 0.194. The smallest absolute Gasteiger partial charge is 0.226 e. The van der Waals surface area contributed by atoms with Crippen LogP contribution in [0, 0.1) is 6.92 Å². The second-order valence-corrected chi connectivity index (χ2v) is 4.32. The molecule has 1 atom stereocenters. The third kappa shape index (κ3) is 3.23. The van der Waals surface area contributed by atoms with Crippen LogP contribution in [0.3, 0.4) is 0 Å². The maximum Gasteiger partial charge on any atom is 0.226 e. The van der Waals surface area contributed by atoms with Gasteiger partial charge in [-0.2, -0.15) is 4.98 Å². The first kappa shape index (κ1) is 13.0. The molecule has 0 aliphatic carbocycles. The van der Waals surface area contributed by atoms with Crippen LogP contribution < -0.4 is 10.1 Å². The lowest BCUT2D eigenvalue weighted by atomic mass is 10.0. The van der Waals surface area contributed by atoms with Gasteiger partial charge < -0.3 is 10.1 Å². The molecule has 0 saturated heterocycles. The summed E-state index contributed by atoms with van der Waals surface area (Å²) < 4.78 is 5.09. The quantitative estimate of drug-likeness (QED) is 0.808. The van der Waals surface area contributed by atoms with Gasteiger partial charge in [0.25, 0.3) is 0 Å². The van der Waals surface area contributed by atoms with Crippen molar-refractivity contribution >= 4 is 17.5 Å². The van der Waals surface area contributed by atoms with E-state index in [1.54, 1.807) is 13.2 Å². The molecule has 0 aromatic carbocycles. The molecule has 1 N–H and O–H groups in total. The molecule has 1 rings (SSSR count). The van der Waals surface area contributed by atoms with E-state index in [2.05, 4.69) is 22.2 Å². The number of anilines is 1. The number of methoxy groups -OCH3 is 1. The van der Waals surface area contributed by atoms with Crippen molar-refractivity contribution in [3.05, 3.63) is 11.8 Å². The van der Waals surface area contributed by atoms with Gasteiger partial charge in [0.15, 0.2) is 0 Å². The van der Waals surface area contributed by atoms with E-state index in [1.165, 1.54) is 0 Å². The zero-order chi connectivity index (χ0) is 12.2. The van der Waals surface area contributed by atoms with Crippen LogP contribution in [0.4, 0.5) is 5.95 Å². The molecule has 0 aliphatic heterocycles. The number of alkyl halides is 1. The molecule has 90 valence electrons. The number of rotatable bonds is 5. The maximum atomic E-state index is 5.92. The monoisotopic (exact) mass is 243 g/mol. The first-order valence-electron chi connectivity index (χ1n) is 5.27. The van der Waals surface area contributed by atoms with Gasteiger partial charge in [-0.25, -0.2) is 4.98 Å². The van der Waals surface area contributed by atoms with Crippen molar-refractivity contribution in [3.8, 4) is 5.88 Å². The van der Waals surface area contributed by atoms with Crippen LogP contribution in [-0.4, -0.2) is 28.5 Å². The highest BCUT2D eigenvalue weighted by molar-refractivity contribution is 6.18. The minimum Gasteiger partial charge on any atom is -0.481 e.